The fourth-order valence-electron chi connectivity index (χ4n) is 1.35. The van der Waals surface area contributed by atoms with Gasteiger partial charge in [-0.05, 0) is 12.1 Å². The minimum absolute atomic E-state index is 0.0939. The number of anilines is 1. The number of carbonyl (C=O) groups is 1. The molecule has 0 heterocycles. The van der Waals surface area contributed by atoms with E-state index in [1.54, 1.807) is 0 Å². The molecule has 5 nitrogen and oxygen atoms in total. The van der Waals surface area contributed by atoms with Gasteiger partial charge in [0.05, 0.1) is 27.0 Å². The molecule has 0 radical (unpaired) electrons. The molecule has 20 heavy (non-hydrogen) atoms. The molecule has 0 atom stereocenters. The zero-order chi connectivity index (χ0) is 15.7. The molecule has 0 fully saturated rings. The lowest BCUT2D eigenvalue weighted by molar-refractivity contribution is -0.127. The van der Waals surface area contributed by atoms with Crippen molar-refractivity contribution in [3.8, 4) is 0 Å². The van der Waals surface area contributed by atoms with Gasteiger partial charge in [-0.3, -0.25) is 9.10 Å². The highest BCUT2D eigenvalue weighted by atomic mass is 35.5. The molecule has 1 rings (SSSR count). The summed E-state index contributed by atoms with van der Waals surface area (Å²) in [5.41, 5.74) is 0.110. The number of nitrogens with zero attached hydrogens (tertiary/aromatic N) is 2. The molecule has 0 saturated carbocycles. The maximum Gasteiger partial charge on any atom is 0.242 e. The monoisotopic (exact) mass is 358 g/mol. The minimum atomic E-state index is -3.70. The van der Waals surface area contributed by atoms with Crippen LogP contribution in [0.15, 0.2) is 12.1 Å². The molecule has 1 aromatic rings. The second kappa shape index (κ2) is 6.39. The van der Waals surface area contributed by atoms with Gasteiger partial charge in [-0.2, -0.15) is 0 Å². The van der Waals surface area contributed by atoms with Crippen molar-refractivity contribution in [1.82, 2.24) is 4.90 Å². The van der Waals surface area contributed by atoms with Crippen molar-refractivity contribution in [1.29, 1.82) is 0 Å². The summed E-state index contributed by atoms with van der Waals surface area (Å²) in [6.07, 6.45) is 0.981. The van der Waals surface area contributed by atoms with Crippen molar-refractivity contribution < 1.29 is 13.2 Å². The Hall–Kier alpha value is -0.690. The van der Waals surface area contributed by atoms with Crippen molar-refractivity contribution >= 4 is 56.4 Å². The minimum Gasteiger partial charge on any atom is -0.347 e. The average Bonchev–Trinajstić information content (AvgIpc) is 2.29. The number of sulfonamides is 1. The molecular formula is C11H13Cl3N2O3S. The van der Waals surface area contributed by atoms with E-state index >= 15 is 0 Å². The number of hydrogen-bond acceptors (Lipinski definition) is 3. The average molecular weight is 360 g/mol. The van der Waals surface area contributed by atoms with Gasteiger partial charge in [-0.15, -0.1) is 0 Å². The highest BCUT2D eigenvalue weighted by Gasteiger charge is 2.24. The van der Waals surface area contributed by atoms with E-state index in [9.17, 15) is 13.2 Å². The van der Waals surface area contributed by atoms with Crippen LogP contribution in [0, 0.1) is 0 Å². The molecule has 0 saturated heterocycles. The van der Waals surface area contributed by atoms with E-state index in [1.165, 1.54) is 31.1 Å². The molecule has 0 spiro atoms. The summed E-state index contributed by atoms with van der Waals surface area (Å²) >= 11 is 17.7. The third kappa shape index (κ3) is 4.15. The van der Waals surface area contributed by atoms with Crippen LogP contribution in [0.4, 0.5) is 5.69 Å². The van der Waals surface area contributed by atoms with Crippen LogP contribution in [0.3, 0.4) is 0 Å². The van der Waals surface area contributed by atoms with Crippen LogP contribution < -0.4 is 4.31 Å². The molecule has 0 unspecified atom stereocenters. The second-order valence-electron chi connectivity index (χ2n) is 4.28. The second-order valence-corrected chi connectivity index (χ2v) is 7.40. The first-order valence-electron chi connectivity index (χ1n) is 5.36. The smallest absolute Gasteiger partial charge is 0.242 e. The third-order valence-electron chi connectivity index (χ3n) is 2.44. The van der Waals surface area contributed by atoms with E-state index in [-0.39, 0.29) is 27.3 Å². The molecule has 1 amide bonds. The number of carbonyl (C=O) groups excluding carboxylic acids is 1. The number of amides is 1. The topological polar surface area (TPSA) is 57.7 Å². The van der Waals surface area contributed by atoms with Crippen LogP contribution in [0.25, 0.3) is 0 Å². The lowest BCUT2D eigenvalue weighted by atomic mass is 10.3. The van der Waals surface area contributed by atoms with Crippen LogP contribution in [-0.2, 0) is 14.8 Å². The first-order chi connectivity index (χ1) is 9.04. The van der Waals surface area contributed by atoms with Crippen molar-refractivity contribution in [3.05, 3.63) is 27.2 Å². The van der Waals surface area contributed by atoms with Crippen molar-refractivity contribution in [2.24, 2.45) is 0 Å². The number of rotatable bonds is 4. The van der Waals surface area contributed by atoms with Crippen LogP contribution in [0.2, 0.25) is 15.1 Å². The highest BCUT2D eigenvalue weighted by Crippen LogP contribution is 2.35. The van der Waals surface area contributed by atoms with Gasteiger partial charge in [-0.1, -0.05) is 34.8 Å². The molecule has 0 N–H and O–H groups in total. The third-order valence-corrected chi connectivity index (χ3v) is 4.59. The van der Waals surface area contributed by atoms with Crippen molar-refractivity contribution in [2.75, 3.05) is 31.2 Å². The van der Waals surface area contributed by atoms with Crippen LogP contribution in [-0.4, -0.2) is 46.1 Å². The predicted octanol–water partition coefficient (Wildman–Crippen LogP) is 2.50. The Labute approximate surface area is 133 Å². The summed E-state index contributed by atoms with van der Waals surface area (Å²) in [7, 11) is -0.645. The molecule has 0 aliphatic carbocycles. The van der Waals surface area contributed by atoms with E-state index in [2.05, 4.69) is 0 Å². The molecule has 9 heteroatoms. The standard InChI is InChI=1S/C11H13Cl3N2O3S/c1-15(2)11(17)6-16(20(3,18)19)10-5-8(13)7(12)4-9(10)14/h4-5H,6H2,1-3H3. The molecule has 0 aromatic heterocycles. The summed E-state index contributed by atoms with van der Waals surface area (Å²) in [5.74, 6) is -0.391. The zero-order valence-electron chi connectivity index (χ0n) is 11.0. The summed E-state index contributed by atoms with van der Waals surface area (Å²) < 4.78 is 24.6. The van der Waals surface area contributed by atoms with Gasteiger partial charge >= 0.3 is 0 Å². The molecule has 0 aliphatic heterocycles. The summed E-state index contributed by atoms with van der Waals surface area (Å²) in [6, 6.07) is 2.65. The van der Waals surface area contributed by atoms with Crippen molar-refractivity contribution in [2.45, 2.75) is 0 Å². The molecule has 112 valence electrons. The van der Waals surface area contributed by atoms with E-state index in [1.807, 2.05) is 0 Å². The summed E-state index contributed by atoms with van der Waals surface area (Å²) in [6.45, 7) is -0.372. The van der Waals surface area contributed by atoms with Crippen molar-refractivity contribution in [3.63, 3.8) is 0 Å². The van der Waals surface area contributed by atoms with Crippen LogP contribution >= 0.6 is 34.8 Å². The Morgan fingerprint density at radius 1 is 1.10 bits per heavy atom. The largest absolute Gasteiger partial charge is 0.347 e. The van der Waals surface area contributed by atoms with Crippen LogP contribution in [0.5, 0.6) is 0 Å². The number of hydrogen-bond donors (Lipinski definition) is 0. The fraction of sp³-hybridized carbons (Fsp3) is 0.364. The molecule has 0 aliphatic rings. The highest BCUT2D eigenvalue weighted by molar-refractivity contribution is 7.92. The Balaban J connectivity index is 3.33. The van der Waals surface area contributed by atoms with E-state index in [4.69, 9.17) is 34.8 Å². The lowest BCUT2D eigenvalue weighted by Crippen LogP contribution is -2.40. The number of likely N-dealkylation sites (N-methyl/N-ethyl adjacent to an activating group) is 1. The number of benzene rings is 1. The summed E-state index contributed by atoms with van der Waals surface area (Å²) in [5, 5.41) is 0.446. The van der Waals surface area contributed by atoms with Gasteiger partial charge in [-0.25, -0.2) is 8.42 Å². The van der Waals surface area contributed by atoms with E-state index in [0.29, 0.717) is 0 Å². The van der Waals surface area contributed by atoms with Gasteiger partial charge in [0.1, 0.15) is 6.54 Å². The maximum atomic E-state index is 11.9. The Bertz CT molecular complexity index is 632. The first-order valence-corrected chi connectivity index (χ1v) is 8.34. The normalized spacial score (nSPS) is 11.3. The van der Waals surface area contributed by atoms with E-state index in [0.717, 1.165) is 10.6 Å². The Kier molecular flexibility index (Phi) is 5.54. The maximum absolute atomic E-state index is 11.9. The van der Waals surface area contributed by atoms with Gasteiger partial charge < -0.3 is 4.90 Å². The Morgan fingerprint density at radius 2 is 1.60 bits per heavy atom. The van der Waals surface area contributed by atoms with Gasteiger partial charge in [0.15, 0.2) is 0 Å². The zero-order valence-corrected chi connectivity index (χ0v) is 14.1. The van der Waals surface area contributed by atoms with Crippen LogP contribution in [0.1, 0.15) is 0 Å². The van der Waals surface area contributed by atoms with Gasteiger partial charge in [0, 0.05) is 14.1 Å². The van der Waals surface area contributed by atoms with Gasteiger partial charge in [0.25, 0.3) is 0 Å². The Morgan fingerprint density at radius 3 is 2.05 bits per heavy atom. The lowest BCUT2D eigenvalue weighted by Gasteiger charge is -2.24. The first kappa shape index (κ1) is 17.4. The molecule has 0 bridgehead atoms. The fourth-order valence-corrected chi connectivity index (χ4v) is 2.90. The molecule has 1 aromatic carbocycles. The summed E-state index contributed by atoms with van der Waals surface area (Å²) in [4.78, 5) is 13.0. The van der Waals surface area contributed by atoms with Gasteiger partial charge in [0.2, 0.25) is 15.9 Å². The predicted molar refractivity (Wildman–Crippen MR) is 82.4 cm³/mol. The van der Waals surface area contributed by atoms with E-state index < -0.39 is 15.9 Å². The SMILES string of the molecule is CN(C)C(=O)CN(c1cc(Cl)c(Cl)cc1Cl)S(C)(=O)=O. The number of halogens is 3. The molecular weight excluding hydrogens is 347 g/mol. The quantitative estimate of drug-likeness (QED) is 0.776.